The van der Waals surface area contributed by atoms with Crippen LogP contribution in [0.4, 0.5) is 23.1 Å². The highest BCUT2D eigenvalue weighted by molar-refractivity contribution is 6.07. The Morgan fingerprint density at radius 2 is 1.76 bits per heavy atom. The molecule has 0 bridgehead atoms. The molecule has 0 saturated carbocycles. The minimum atomic E-state index is -0.444. The van der Waals surface area contributed by atoms with Crippen LogP contribution in [0, 0.1) is 0 Å². The molecule has 2 aromatic heterocycles. The number of hydrogen-bond donors (Lipinski definition) is 5. The number of benzene rings is 1. The van der Waals surface area contributed by atoms with E-state index in [1.54, 1.807) is 36.7 Å². The van der Waals surface area contributed by atoms with Crippen LogP contribution in [0.3, 0.4) is 0 Å². The van der Waals surface area contributed by atoms with E-state index in [4.69, 9.17) is 0 Å². The Morgan fingerprint density at radius 3 is 2.49 bits per heavy atom. The SMILES string of the molecule is C=CC(=O)NCC(=O)Nc1cccc(NC(=O)c2cnc(NCCc3ccncc3)nc2NCCC)c1. The lowest BCUT2D eigenvalue weighted by molar-refractivity contribution is -0.121. The minimum Gasteiger partial charge on any atom is -0.369 e. The third-order valence-electron chi connectivity index (χ3n) is 5.03. The van der Waals surface area contributed by atoms with E-state index in [1.165, 1.54) is 6.20 Å². The van der Waals surface area contributed by atoms with E-state index in [-0.39, 0.29) is 12.1 Å². The van der Waals surface area contributed by atoms with Gasteiger partial charge in [0, 0.05) is 43.1 Å². The van der Waals surface area contributed by atoms with Crippen LogP contribution in [0.25, 0.3) is 0 Å². The Balaban J connectivity index is 1.64. The number of hydrogen-bond acceptors (Lipinski definition) is 8. The topological polar surface area (TPSA) is 150 Å². The molecule has 0 radical (unpaired) electrons. The molecule has 0 fully saturated rings. The fourth-order valence-corrected chi connectivity index (χ4v) is 3.20. The molecule has 37 heavy (non-hydrogen) atoms. The largest absolute Gasteiger partial charge is 0.369 e. The number of carbonyl (C=O) groups excluding carboxylic acids is 3. The van der Waals surface area contributed by atoms with Crippen LogP contribution < -0.4 is 26.6 Å². The maximum Gasteiger partial charge on any atom is 0.260 e. The molecule has 0 spiro atoms. The van der Waals surface area contributed by atoms with Crippen molar-refractivity contribution in [1.82, 2.24) is 20.3 Å². The standard InChI is InChI=1S/C26H30N8O3/c1-3-11-28-24-21(16-31-26(34-24)29-14-10-18-8-12-27-13-9-18)25(37)33-20-7-5-6-19(15-20)32-23(36)17-30-22(35)4-2/h4-9,12-13,15-16H,2-3,10-11,14,17H2,1H3,(H,30,35)(H,32,36)(H,33,37)(H2,28,29,31,34). The third-order valence-corrected chi connectivity index (χ3v) is 5.03. The zero-order valence-electron chi connectivity index (χ0n) is 20.6. The molecule has 0 saturated heterocycles. The van der Waals surface area contributed by atoms with Gasteiger partial charge in [0.05, 0.1) is 6.54 Å². The first kappa shape index (κ1) is 26.8. The number of carbonyl (C=O) groups is 3. The van der Waals surface area contributed by atoms with E-state index in [1.807, 2.05) is 19.1 Å². The molecule has 0 aliphatic heterocycles. The van der Waals surface area contributed by atoms with Gasteiger partial charge in [0.1, 0.15) is 11.4 Å². The molecular formula is C26H30N8O3. The Bertz CT molecular complexity index is 1230. The number of nitrogens with one attached hydrogen (secondary N) is 5. The summed E-state index contributed by atoms with van der Waals surface area (Å²) in [5.74, 6) is -0.421. The summed E-state index contributed by atoms with van der Waals surface area (Å²) in [6.45, 7) is 6.41. The quantitative estimate of drug-likeness (QED) is 0.224. The van der Waals surface area contributed by atoms with E-state index in [2.05, 4.69) is 48.1 Å². The van der Waals surface area contributed by atoms with Gasteiger partial charge in [-0.15, -0.1) is 0 Å². The van der Waals surface area contributed by atoms with Crippen LogP contribution in [-0.4, -0.2) is 52.3 Å². The van der Waals surface area contributed by atoms with Crippen molar-refractivity contribution in [2.45, 2.75) is 19.8 Å². The van der Waals surface area contributed by atoms with E-state index in [0.29, 0.717) is 36.2 Å². The molecule has 3 amide bonds. The van der Waals surface area contributed by atoms with Crippen molar-refractivity contribution in [2.75, 3.05) is 40.9 Å². The zero-order chi connectivity index (χ0) is 26.5. The zero-order valence-corrected chi connectivity index (χ0v) is 20.6. The minimum absolute atomic E-state index is 0.200. The van der Waals surface area contributed by atoms with Crippen molar-refractivity contribution >= 4 is 40.9 Å². The average Bonchev–Trinajstić information content (AvgIpc) is 2.91. The highest BCUT2D eigenvalue weighted by atomic mass is 16.2. The van der Waals surface area contributed by atoms with E-state index < -0.39 is 17.7 Å². The summed E-state index contributed by atoms with van der Waals surface area (Å²) in [5.41, 5.74) is 2.36. The van der Waals surface area contributed by atoms with Gasteiger partial charge >= 0.3 is 0 Å². The smallest absolute Gasteiger partial charge is 0.260 e. The summed E-state index contributed by atoms with van der Waals surface area (Å²) >= 11 is 0. The van der Waals surface area contributed by atoms with E-state index in [0.717, 1.165) is 24.5 Å². The lowest BCUT2D eigenvalue weighted by Crippen LogP contribution is -2.31. The number of aromatic nitrogens is 3. The Labute approximate surface area is 215 Å². The summed E-state index contributed by atoms with van der Waals surface area (Å²) in [6.07, 6.45) is 7.69. The Hall–Kier alpha value is -4.80. The summed E-state index contributed by atoms with van der Waals surface area (Å²) in [4.78, 5) is 49.1. The maximum atomic E-state index is 13.1. The van der Waals surface area contributed by atoms with Crippen molar-refractivity contribution in [3.05, 3.63) is 78.8 Å². The lowest BCUT2D eigenvalue weighted by atomic mass is 10.2. The number of anilines is 4. The van der Waals surface area contributed by atoms with Crippen LogP contribution in [0.5, 0.6) is 0 Å². The van der Waals surface area contributed by atoms with Gasteiger partial charge in [0.2, 0.25) is 17.8 Å². The van der Waals surface area contributed by atoms with Crippen LogP contribution in [0.15, 0.2) is 67.6 Å². The van der Waals surface area contributed by atoms with Crippen LogP contribution in [-0.2, 0) is 16.0 Å². The second-order valence-electron chi connectivity index (χ2n) is 7.92. The molecule has 3 aromatic rings. The Morgan fingerprint density at radius 1 is 1.00 bits per heavy atom. The van der Waals surface area contributed by atoms with Crippen molar-refractivity contribution in [2.24, 2.45) is 0 Å². The van der Waals surface area contributed by atoms with Gasteiger partial charge in [-0.25, -0.2) is 4.98 Å². The molecule has 2 heterocycles. The normalized spacial score (nSPS) is 10.2. The van der Waals surface area contributed by atoms with E-state index >= 15 is 0 Å². The van der Waals surface area contributed by atoms with Crippen LogP contribution in [0.1, 0.15) is 29.3 Å². The number of amides is 3. The van der Waals surface area contributed by atoms with Crippen molar-refractivity contribution in [3.8, 4) is 0 Å². The lowest BCUT2D eigenvalue weighted by Gasteiger charge is -2.13. The number of rotatable bonds is 13. The van der Waals surface area contributed by atoms with Gasteiger partial charge in [0.25, 0.3) is 5.91 Å². The highest BCUT2D eigenvalue weighted by Crippen LogP contribution is 2.19. The molecule has 0 aliphatic carbocycles. The predicted octanol–water partition coefficient (Wildman–Crippen LogP) is 2.84. The highest BCUT2D eigenvalue weighted by Gasteiger charge is 2.15. The molecule has 0 unspecified atom stereocenters. The summed E-state index contributed by atoms with van der Waals surface area (Å²) in [5, 5.41) is 14.3. The Kier molecular flexibility index (Phi) is 10.1. The van der Waals surface area contributed by atoms with Crippen molar-refractivity contribution in [3.63, 3.8) is 0 Å². The van der Waals surface area contributed by atoms with Gasteiger partial charge in [-0.3, -0.25) is 19.4 Å². The van der Waals surface area contributed by atoms with Gasteiger partial charge < -0.3 is 26.6 Å². The van der Waals surface area contributed by atoms with Gasteiger partial charge in [-0.05, 0) is 54.8 Å². The number of nitrogens with zero attached hydrogens (tertiary/aromatic N) is 3. The fraction of sp³-hybridized carbons (Fsp3) is 0.231. The first-order valence-electron chi connectivity index (χ1n) is 11.8. The second kappa shape index (κ2) is 13.9. The molecule has 11 heteroatoms. The van der Waals surface area contributed by atoms with Crippen LogP contribution >= 0.6 is 0 Å². The fourth-order valence-electron chi connectivity index (χ4n) is 3.20. The van der Waals surface area contributed by atoms with Crippen molar-refractivity contribution in [1.29, 1.82) is 0 Å². The predicted molar refractivity (Wildman–Crippen MR) is 143 cm³/mol. The molecule has 11 nitrogen and oxygen atoms in total. The van der Waals surface area contributed by atoms with Crippen LogP contribution in [0.2, 0.25) is 0 Å². The van der Waals surface area contributed by atoms with Gasteiger partial charge in [-0.2, -0.15) is 4.98 Å². The molecular weight excluding hydrogens is 472 g/mol. The third kappa shape index (κ3) is 8.73. The molecule has 0 atom stereocenters. The molecule has 0 aliphatic rings. The van der Waals surface area contributed by atoms with Crippen molar-refractivity contribution < 1.29 is 14.4 Å². The first-order chi connectivity index (χ1) is 18.0. The molecule has 192 valence electrons. The number of pyridine rings is 1. The van der Waals surface area contributed by atoms with E-state index in [9.17, 15) is 14.4 Å². The molecule has 3 rings (SSSR count). The molecule has 1 aromatic carbocycles. The summed E-state index contributed by atoms with van der Waals surface area (Å²) < 4.78 is 0. The van der Waals surface area contributed by atoms with Gasteiger partial charge in [0.15, 0.2) is 0 Å². The monoisotopic (exact) mass is 502 g/mol. The maximum absolute atomic E-state index is 13.1. The first-order valence-corrected chi connectivity index (χ1v) is 11.8. The second-order valence-corrected chi connectivity index (χ2v) is 7.92. The summed E-state index contributed by atoms with van der Waals surface area (Å²) in [7, 11) is 0. The molecule has 5 N–H and O–H groups in total. The summed E-state index contributed by atoms with van der Waals surface area (Å²) in [6, 6.07) is 10.6. The average molecular weight is 503 g/mol. The van der Waals surface area contributed by atoms with Gasteiger partial charge in [-0.1, -0.05) is 19.6 Å².